The van der Waals surface area contributed by atoms with Gasteiger partial charge in [0.05, 0.1) is 20.2 Å². The van der Waals surface area contributed by atoms with E-state index in [0.29, 0.717) is 25.5 Å². The van der Waals surface area contributed by atoms with Crippen molar-refractivity contribution in [1.82, 2.24) is 20.5 Å². The predicted molar refractivity (Wildman–Crippen MR) is 121 cm³/mol. The van der Waals surface area contributed by atoms with Gasteiger partial charge in [0.2, 0.25) is 5.91 Å². The number of likely N-dealkylation sites (N-methyl/N-ethyl adjacent to an activating group) is 1. The Balaban J connectivity index is 1.64. The molecule has 31 heavy (non-hydrogen) atoms. The Morgan fingerprint density at radius 1 is 1.16 bits per heavy atom. The smallest absolute Gasteiger partial charge is 0.241 e. The molecule has 0 radical (unpaired) electrons. The monoisotopic (exact) mass is 425 g/mol. The quantitative estimate of drug-likeness (QED) is 0.383. The van der Waals surface area contributed by atoms with E-state index in [4.69, 9.17) is 4.74 Å². The molecule has 3 rings (SSSR count). The first-order valence-corrected chi connectivity index (χ1v) is 10.1. The molecular formula is C23H28FN5O2. The summed E-state index contributed by atoms with van der Waals surface area (Å²) in [6, 6.07) is 12.4. The van der Waals surface area contributed by atoms with E-state index in [1.165, 1.54) is 17.0 Å². The Kier molecular flexibility index (Phi) is 7.48. The van der Waals surface area contributed by atoms with Crippen molar-refractivity contribution in [3.05, 3.63) is 65.6 Å². The van der Waals surface area contributed by atoms with Gasteiger partial charge in [-0.25, -0.2) is 9.38 Å². The van der Waals surface area contributed by atoms with Crippen LogP contribution in [0.3, 0.4) is 0 Å². The standard InChI is InChI=1S/C23H28FN5O2/c1-29(2)22(30)15-28-23(27-13-16-4-7-19(31-3)8-5-16)25-11-10-17-14-26-21-9-6-18(24)12-20(17)21/h4-9,12,14,26H,10-11,13,15H2,1-3H3,(H2,25,27,28). The minimum Gasteiger partial charge on any atom is -0.497 e. The van der Waals surface area contributed by atoms with Crippen LogP contribution in [0.2, 0.25) is 0 Å². The van der Waals surface area contributed by atoms with Crippen LogP contribution in [0.1, 0.15) is 11.1 Å². The van der Waals surface area contributed by atoms with Crippen LogP contribution in [0.4, 0.5) is 4.39 Å². The number of H-pyrrole nitrogens is 1. The number of hydrogen-bond donors (Lipinski definition) is 3. The van der Waals surface area contributed by atoms with Gasteiger partial charge in [-0.3, -0.25) is 4.79 Å². The van der Waals surface area contributed by atoms with Gasteiger partial charge < -0.3 is 25.3 Å². The van der Waals surface area contributed by atoms with Crippen LogP contribution in [0.15, 0.2) is 53.7 Å². The molecule has 7 nitrogen and oxygen atoms in total. The highest BCUT2D eigenvalue weighted by Crippen LogP contribution is 2.19. The molecule has 0 spiro atoms. The molecule has 2 aromatic carbocycles. The number of benzene rings is 2. The number of hydrogen-bond acceptors (Lipinski definition) is 3. The lowest BCUT2D eigenvalue weighted by Crippen LogP contribution is -2.43. The van der Waals surface area contributed by atoms with Gasteiger partial charge in [-0.2, -0.15) is 0 Å². The fourth-order valence-electron chi connectivity index (χ4n) is 3.07. The van der Waals surface area contributed by atoms with Gasteiger partial charge in [-0.05, 0) is 47.9 Å². The second kappa shape index (κ2) is 10.5. The van der Waals surface area contributed by atoms with Crippen LogP contribution < -0.4 is 15.4 Å². The van der Waals surface area contributed by atoms with Crippen molar-refractivity contribution in [2.75, 3.05) is 34.3 Å². The van der Waals surface area contributed by atoms with E-state index in [1.807, 2.05) is 30.5 Å². The van der Waals surface area contributed by atoms with Crippen LogP contribution in [0.25, 0.3) is 10.9 Å². The molecule has 0 fully saturated rings. The Morgan fingerprint density at radius 3 is 2.65 bits per heavy atom. The summed E-state index contributed by atoms with van der Waals surface area (Å²) in [7, 11) is 5.05. The molecule has 0 aliphatic rings. The highest BCUT2D eigenvalue weighted by Gasteiger charge is 2.08. The number of guanidine groups is 1. The molecule has 0 aliphatic carbocycles. The maximum absolute atomic E-state index is 13.6. The third-order valence-corrected chi connectivity index (χ3v) is 4.90. The summed E-state index contributed by atoms with van der Waals surface area (Å²) in [6.07, 6.45) is 2.57. The zero-order chi connectivity index (χ0) is 22.2. The van der Waals surface area contributed by atoms with Gasteiger partial charge in [-0.1, -0.05) is 12.1 Å². The van der Waals surface area contributed by atoms with Gasteiger partial charge in [-0.15, -0.1) is 0 Å². The zero-order valence-electron chi connectivity index (χ0n) is 18.0. The molecule has 1 heterocycles. The van der Waals surface area contributed by atoms with Gasteiger partial charge >= 0.3 is 0 Å². The van der Waals surface area contributed by atoms with Gasteiger partial charge in [0.1, 0.15) is 11.6 Å². The largest absolute Gasteiger partial charge is 0.497 e. The van der Waals surface area contributed by atoms with Crippen molar-refractivity contribution < 1.29 is 13.9 Å². The molecule has 0 atom stereocenters. The van der Waals surface area contributed by atoms with Crippen LogP contribution in [-0.4, -0.2) is 56.0 Å². The van der Waals surface area contributed by atoms with E-state index < -0.39 is 0 Å². The molecule has 0 saturated heterocycles. The number of fused-ring (bicyclic) bond motifs is 1. The van der Waals surface area contributed by atoms with E-state index >= 15 is 0 Å². The molecule has 0 saturated carbocycles. The summed E-state index contributed by atoms with van der Waals surface area (Å²) in [4.78, 5) is 21.2. The maximum atomic E-state index is 13.6. The van der Waals surface area contributed by atoms with Crippen molar-refractivity contribution in [3.8, 4) is 5.75 Å². The lowest BCUT2D eigenvalue weighted by atomic mass is 10.1. The van der Waals surface area contributed by atoms with Crippen molar-refractivity contribution >= 4 is 22.8 Å². The summed E-state index contributed by atoms with van der Waals surface area (Å²) < 4.78 is 18.8. The van der Waals surface area contributed by atoms with Crippen molar-refractivity contribution in [2.45, 2.75) is 13.0 Å². The predicted octanol–water partition coefficient (Wildman–Crippen LogP) is 2.68. The minimum absolute atomic E-state index is 0.0500. The molecule has 1 aromatic heterocycles. The molecule has 8 heteroatoms. The highest BCUT2D eigenvalue weighted by molar-refractivity contribution is 5.86. The zero-order valence-corrected chi connectivity index (χ0v) is 18.0. The number of rotatable bonds is 8. The van der Waals surface area contributed by atoms with E-state index in [1.54, 1.807) is 27.3 Å². The van der Waals surface area contributed by atoms with Crippen LogP contribution in [-0.2, 0) is 17.8 Å². The minimum atomic E-state index is -0.257. The van der Waals surface area contributed by atoms with E-state index in [0.717, 1.165) is 27.8 Å². The van der Waals surface area contributed by atoms with Crippen molar-refractivity contribution in [2.24, 2.45) is 4.99 Å². The number of aromatic amines is 1. The van der Waals surface area contributed by atoms with E-state index in [2.05, 4.69) is 20.6 Å². The number of nitrogens with zero attached hydrogens (tertiary/aromatic N) is 2. The Bertz CT molecular complexity index is 1040. The van der Waals surface area contributed by atoms with E-state index in [9.17, 15) is 9.18 Å². The molecule has 3 N–H and O–H groups in total. The van der Waals surface area contributed by atoms with Gasteiger partial charge in [0, 0.05) is 37.7 Å². The highest BCUT2D eigenvalue weighted by atomic mass is 19.1. The average molecular weight is 426 g/mol. The van der Waals surface area contributed by atoms with Gasteiger partial charge in [0.25, 0.3) is 0 Å². The number of carbonyl (C=O) groups excluding carboxylic acids is 1. The van der Waals surface area contributed by atoms with Crippen molar-refractivity contribution in [1.29, 1.82) is 0 Å². The van der Waals surface area contributed by atoms with Crippen LogP contribution in [0, 0.1) is 5.82 Å². The van der Waals surface area contributed by atoms with Crippen molar-refractivity contribution in [3.63, 3.8) is 0 Å². The first-order valence-electron chi connectivity index (χ1n) is 10.1. The fourth-order valence-corrected chi connectivity index (χ4v) is 3.07. The number of nitrogens with one attached hydrogen (secondary N) is 3. The number of methoxy groups -OCH3 is 1. The second-order valence-electron chi connectivity index (χ2n) is 7.34. The van der Waals surface area contributed by atoms with Crippen LogP contribution >= 0.6 is 0 Å². The summed E-state index contributed by atoms with van der Waals surface area (Å²) in [5.74, 6) is 1.02. The summed E-state index contributed by atoms with van der Waals surface area (Å²) in [5.41, 5.74) is 2.94. The Morgan fingerprint density at radius 2 is 1.94 bits per heavy atom. The van der Waals surface area contributed by atoms with Gasteiger partial charge in [0.15, 0.2) is 5.96 Å². The first kappa shape index (κ1) is 22.1. The third-order valence-electron chi connectivity index (χ3n) is 4.90. The second-order valence-corrected chi connectivity index (χ2v) is 7.34. The number of halogens is 1. The third kappa shape index (κ3) is 6.21. The molecule has 0 aliphatic heterocycles. The first-order chi connectivity index (χ1) is 15.0. The van der Waals surface area contributed by atoms with Crippen LogP contribution in [0.5, 0.6) is 5.75 Å². The summed E-state index contributed by atoms with van der Waals surface area (Å²) in [5, 5.41) is 7.21. The normalized spacial score (nSPS) is 11.4. The summed E-state index contributed by atoms with van der Waals surface area (Å²) >= 11 is 0. The van der Waals surface area contributed by atoms with E-state index in [-0.39, 0.29) is 18.3 Å². The SMILES string of the molecule is COc1ccc(CN=C(NCCc2c[nH]c3ccc(F)cc23)NCC(=O)N(C)C)cc1. The Hall–Kier alpha value is -3.55. The molecule has 1 amide bonds. The lowest BCUT2D eigenvalue weighted by Gasteiger charge is -2.15. The molecule has 3 aromatic rings. The topological polar surface area (TPSA) is 81.7 Å². The number of carbonyl (C=O) groups is 1. The molecular weight excluding hydrogens is 397 g/mol. The average Bonchev–Trinajstić information content (AvgIpc) is 3.17. The summed E-state index contributed by atoms with van der Waals surface area (Å²) in [6.45, 7) is 1.17. The molecule has 0 bridgehead atoms. The number of aromatic nitrogens is 1. The maximum Gasteiger partial charge on any atom is 0.241 e. The fraction of sp³-hybridized carbons (Fsp3) is 0.304. The molecule has 164 valence electrons. The molecule has 0 unspecified atom stereocenters. The lowest BCUT2D eigenvalue weighted by molar-refractivity contribution is -0.127. The number of aliphatic imine (C=N–C) groups is 1. The Labute approximate surface area is 181 Å². The number of ether oxygens (including phenoxy) is 1. The number of amides is 1.